The molecule has 0 atom stereocenters. The van der Waals surface area contributed by atoms with Gasteiger partial charge in [-0.2, -0.15) is 0 Å². The van der Waals surface area contributed by atoms with Crippen molar-refractivity contribution in [3.05, 3.63) is 12.2 Å². The minimum absolute atomic E-state index is 0.398. The number of primary amides is 1. The molecule has 114 valence electrons. The molecule has 1 amide bonds. The maximum absolute atomic E-state index is 9.82. The molecule has 0 aromatic heterocycles. The molecule has 2 N–H and O–H groups in total. The molecule has 0 radical (unpaired) electrons. The predicted octanol–water partition coefficient (Wildman–Crippen LogP) is 2.03. The number of nitrogens with two attached hydrogens (primary N) is 1. The number of carbonyl (C=O) groups is 1. The van der Waals surface area contributed by atoms with Crippen molar-refractivity contribution in [1.82, 2.24) is 0 Å². The first-order chi connectivity index (χ1) is 8.99. The van der Waals surface area contributed by atoms with Crippen LogP contribution in [0.1, 0.15) is 47.0 Å². The van der Waals surface area contributed by atoms with Gasteiger partial charge in [0, 0.05) is 25.4 Å². The third-order valence-corrected chi connectivity index (χ3v) is 3.50. The summed E-state index contributed by atoms with van der Waals surface area (Å²) in [6.45, 7) is 12.7. The van der Waals surface area contributed by atoms with Crippen molar-refractivity contribution in [2.45, 2.75) is 47.0 Å². The highest BCUT2D eigenvalue weighted by Crippen LogP contribution is 2.14. The van der Waals surface area contributed by atoms with E-state index in [1.807, 2.05) is 20.8 Å². The molecule has 6 heteroatoms. The third kappa shape index (κ3) is 22.9. The summed E-state index contributed by atoms with van der Waals surface area (Å²) < 4.78 is 15.7. The van der Waals surface area contributed by atoms with E-state index in [-0.39, 0.29) is 0 Å². The second-order valence-electron chi connectivity index (χ2n) is 3.86. The van der Waals surface area contributed by atoms with Gasteiger partial charge in [0.25, 0.3) is 0 Å². The number of hydrogen-bond acceptors (Lipinski definition) is 4. The van der Waals surface area contributed by atoms with Gasteiger partial charge in [-0.15, -0.1) is 0 Å². The van der Waals surface area contributed by atoms with Crippen molar-refractivity contribution in [3.63, 3.8) is 0 Å². The number of hydrogen-bond donors (Lipinski definition) is 1. The summed E-state index contributed by atoms with van der Waals surface area (Å²) >= 11 is 0. The van der Waals surface area contributed by atoms with Crippen molar-refractivity contribution in [1.29, 1.82) is 0 Å². The predicted molar refractivity (Wildman–Crippen MR) is 79.9 cm³/mol. The second kappa shape index (κ2) is 15.4. The van der Waals surface area contributed by atoms with Crippen LogP contribution in [0.25, 0.3) is 0 Å². The maximum atomic E-state index is 9.82. The van der Waals surface area contributed by atoms with Crippen LogP contribution in [0.15, 0.2) is 12.2 Å². The van der Waals surface area contributed by atoms with Crippen molar-refractivity contribution < 1.29 is 18.1 Å². The van der Waals surface area contributed by atoms with Gasteiger partial charge in [0.2, 0.25) is 5.91 Å². The molecule has 1 fully saturated rings. The van der Waals surface area contributed by atoms with Gasteiger partial charge in [-0.1, -0.05) is 25.8 Å². The number of rotatable bonds is 7. The first-order valence-corrected chi connectivity index (χ1v) is 8.21. The summed E-state index contributed by atoms with van der Waals surface area (Å²) in [5.41, 5.74) is 5.09. The maximum Gasteiger partial charge on any atom is 0.484 e. The lowest BCUT2D eigenvalue weighted by atomic mass is 10.3. The molecule has 0 unspecified atom stereocenters. The standard InChI is InChI=1S/C6H16O3Si.C4H7NO.C3H6/c1-4-7-10(8-5-2)9-6-3;1-3(2)4(5)6;1-2-3-1/h10H,4-6H2,1-3H3;1H2,2H3,(H2,5,6);1-3H2. The molecule has 0 spiro atoms. The normalized spacial score (nSPS) is 11.8. The lowest BCUT2D eigenvalue weighted by Crippen LogP contribution is -2.27. The molecule has 19 heavy (non-hydrogen) atoms. The summed E-state index contributed by atoms with van der Waals surface area (Å²) in [5, 5.41) is 0. The number of amides is 1. The SMILES string of the molecule is C1CC1.C=C(C)C(N)=O.CCO[SiH](OCC)OCC. The summed E-state index contributed by atoms with van der Waals surface area (Å²) in [6, 6.07) is 0. The summed E-state index contributed by atoms with van der Waals surface area (Å²) in [4.78, 5) is 9.82. The molecular formula is C13H29NO4Si. The van der Waals surface area contributed by atoms with Crippen LogP contribution in [0, 0.1) is 0 Å². The van der Waals surface area contributed by atoms with Crippen molar-refractivity contribution in [2.75, 3.05) is 19.8 Å². The van der Waals surface area contributed by atoms with Crippen molar-refractivity contribution in [2.24, 2.45) is 5.73 Å². The zero-order valence-electron chi connectivity index (χ0n) is 12.7. The fraction of sp³-hybridized carbons (Fsp3) is 0.769. The van der Waals surface area contributed by atoms with Gasteiger partial charge in [-0.25, -0.2) is 0 Å². The molecule has 0 aliphatic heterocycles. The van der Waals surface area contributed by atoms with E-state index < -0.39 is 15.4 Å². The van der Waals surface area contributed by atoms with Gasteiger partial charge in [0.1, 0.15) is 0 Å². The monoisotopic (exact) mass is 291 g/mol. The van der Waals surface area contributed by atoms with E-state index in [0.29, 0.717) is 25.4 Å². The fourth-order valence-electron chi connectivity index (χ4n) is 0.553. The molecule has 0 saturated heterocycles. The zero-order valence-corrected chi connectivity index (χ0v) is 13.9. The van der Waals surface area contributed by atoms with Gasteiger partial charge < -0.3 is 19.0 Å². The average molecular weight is 291 g/mol. The Bertz CT molecular complexity index is 206. The highest BCUT2D eigenvalue weighted by atomic mass is 28.3. The number of carbonyl (C=O) groups excluding carboxylic acids is 1. The molecule has 1 rings (SSSR count). The van der Waals surface area contributed by atoms with E-state index in [1.165, 1.54) is 19.3 Å². The van der Waals surface area contributed by atoms with Crippen LogP contribution >= 0.6 is 0 Å². The highest BCUT2D eigenvalue weighted by molar-refractivity contribution is 6.36. The Hall–Kier alpha value is -0.693. The highest BCUT2D eigenvalue weighted by Gasteiger charge is 2.11. The zero-order chi connectivity index (χ0) is 15.1. The van der Waals surface area contributed by atoms with Gasteiger partial charge >= 0.3 is 9.53 Å². The van der Waals surface area contributed by atoms with Crippen LogP contribution in [0.3, 0.4) is 0 Å². The molecule has 1 aliphatic carbocycles. The molecule has 0 aromatic carbocycles. The lowest BCUT2D eigenvalue weighted by Gasteiger charge is -2.12. The van der Waals surface area contributed by atoms with Crippen molar-refractivity contribution in [3.8, 4) is 0 Å². The Morgan fingerprint density at radius 1 is 1.05 bits per heavy atom. The van der Waals surface area contributed by atoms with E-state index in [1.54, 1.807) is 6.92 Å². The summed E-state index contributed by atoms with van der Waals surface area (Å²) in [5.74, 6) is -0.435. The molecule has 5 nitrogen and oxygen atoms in total. The smallest absolute Gasteiger partial charge is 0.376 e. The van der Waals surface area contributed by atoms with E-state index in [9.17, 15) is 4.79 Å². The van der Waals surface area contributed by atoms with Gasteiger partial charge in [0.15, 0.2) is 0 Å². The van der Waals surface area contributed by atoms with Crippen molar-refractivity contribution >= 4 is 15.4 Å². The van der Waals surface area contributed by atoms with Gasteiger partial charge in [0.05, 0.1) is 0 Å². The topological polar surface area (TPSA) is 70.8 Å². The summed E-state index contributed by atoms with van der Waals surface area (Å²) in [7, 11) is -1.73. The van der Waals surface area contributed by atoms with Gasteiger partial charge in [-0.3, -0.25) is 4.79 Å². The van der Waals surface area contributed by atoms with E-state index in [2.05, 4.69) is 6.58 Å². The van der Waals surface area contributed by atoms with Crippen LogP contribution in [0.4, 0.5) is 0 Å². The Morgan fingerprint density at radius 2 is 1.32 bits per heavy atom. The molecule has 1 aliphatic rings. The van der Waals surface area contributed by atoms with Crippen LogP contribution in [-0.2, 0) is 18.1 Å². The lowest BCUT2D eigenvalue weighted by molar-refractivity contribution is -0.114. The minimum atomic E-state index is -1.73. The Morgan fingerprint density at radius 3 is 1.42 bits per heavy atom. The third-order valence-electron chi connectivity index (χ3n) is 1.68. The average Bonchev–Trinajstić information content (AvgIpc) is 3.18. The Kier molecular flexibility index (Phi) is 16.7. The Labute approximate surface area is 119 Å². The summed E-state index contributed by atoms with van der Waals surface area (Å²) in [6.07, 6.45) is 4.50. The minimum Gasteiger partial charge on any atom is -0.376 e. The van der Waals surface area contributed by atoms with Gasteiger partial charge in [-0.05, 0) is 27.7 Å². The first kappa shape index (κ1) is 20.6. The van der Waals surface area contributed by atoms with E-state index in [4.69, 9.17) is 19.0 Å². The fourth-order valence-corrected chi connectivity index (χ4v) is 1.66. The molecular weight excluding hydrogens is 262 g/mol. The van der Waals surface area contributed by atoms with Crippen LogP contribution in [0.5, 0.6) is 0 Å². The molecule has 0 bridgehead atoms. The first-order valence-electron chi connectivity index (χ1n) is 6.79. The van der Waals surface area contributed by atoms with E-state index in [0.717, 1.165) is 0 Å². The molecule has 0 heterocycles. The molecule has 1 saturated carbocycles. The van der Waals surface area contributed by atoms with Crippen LogP contribution < -0.4 is 5.73 Å². The van der Waals surface area contributed by atoms with Crippen LogP contribution in [-0.4, -0.2) is 35.3 Å². The quantitative estimate of drug-likeness (QED) is 0.575. The second-order valence-corrected chi connectivity index (χ2v) is 5.44. The molecule has 0 aromatic rings. The Balaban J connectivity index is 0. The largest absolute Gasteiger partial charge is 0.484 e. The van der Waals surface area contributed by atoms with E-state index >= 15 is 0 Å². The van der Waals surface area contributed by atoms with Crippen LogP contribution in [0.2, 0.25) is 0 Å².